The van der Waals surface area contributed by atoms with E-state index >= 15 is 0 Å². The molecule has 3 nitrogen and oxygen atoms in total. The van der Waals surface area contributed by atoms with E-state index in [4.69, 9.17) is 0 Å². The van der Waals surface area contributed by atoms with Crippen molar-refractivity contribution in [3.63, 3.8) is 0 Å². The van der Waals surface area contributed by atoms with Crippen molar-refractivity contribution in [2.75, 3.05) is 0 Å². The summed E-state index contributed by atoms with van der Waals surface area (Å²) in [6, 6.07) is 2.84. The highest BCUT2D eigenvalue weighted by molar-refractivity contribution is 5.75. The highest BCUT2D eigenvalue weighted by Crippen LogP contribution is 2.29. The molecule has 0 N–H and O–H groups in total. The molecule has 1 aliphatic carbocycles. The molecule has 0 amide bonds. The number of aromatic nitrogens is 3. The molecule has 2 aromatic rings. The molecule has 3 rings (SSSR count). The van der Waals surface area contributed by atoms with Crippen LogP contribution in [0.1, 0.15) is 63.5 Å². The van der Waals surface area contributed by atoms with Crippen LogP contribution in [-0.2, 0) is 6.42 Å². The lowest BCUT2D eigenvalue weighted by atomic mass is 9.96. The number of unbranched alkanes of at least 4 members (excludes halogenated alkanes) is 1. The van der Waals surface area contributed by atoms with Gasteiger partial charge in [-0.2, -0.15) is 5.10 Å². The molecule has 2 heterocycles. The van der Waals surface area contributed by atoms with Crippen LogP contribution in [0, 0.1) is 0 Å². The molecule has 102 valence electrons. The zero-order valence-corrected chi connectivity index (χ0v) is 11.8. The predicted octanol–water partition coefficient (Wildman–Crippen LogP) is 4.28. The first-order valence-electron chi connectivity index (χ1n) is 7.70. The summed E-state index contributed by atoms with van der Waals surface area (Å²) in [5, 5.41) is 5.80. The molecular weight excluding hydrogens is 234 g/mol. The molecule has 2 aromatic heterocycles. The first-order chi connectivity index (χ1) is 9.38. The minimum Gasteiger partial charge on any atom is -0.244 e. The topological polar surface area (TPSA) is 30.7 Å². The Bertz CT molecular complexity index is 538. The molecular formula is C16H23N3. The van der Waals surface area contributed by atoms with Crippen molar-refractivity contribution >= 4 is 11.0 Å². The number of fused-ring (bicyclic) bond motifs is 1. The normalized spacial score (nSPS) is 17.1. The van der Waals surface area contributed by atoms with Gasteiger partial charge in [0.15, 0.2) is 5.65 Å². The molecule has 0 radical (unpaired) electrons. The predicted molar refractivity (Wildman–Crippen MR) is 78.3 cm³/mol. The van der Waals surface area contributed by atoms with Gasteiger partial charge in [0.25, 0.3) is 0 Å². The molecule has 0 spiro atoms. The van der Waals surface area contributed by atoms with Gasteiger partial charge in [0, 0.05) is 11.6 Å². The van der Waals surface area contributed by atoms with Gasteiger partial charge in [-0.25, -0.2) is 9.67 Å². The van der Waals surface area contributed by atoms with Crippen molar-refractivity contribution in [3.8, 4) is 0 Å². The summed E-state index contributed by atoms with van der Waals surface area (Å²) in [6.45, 7) is 2.23. The summed E-state index contributed by atoms with van der Waals surface area (Å²) < 4.78 is 2.16. The molecule has 1 aliphatic rings. The SMILES string of the molecule is CCCCc1cnc2c(cnn2C2CCCCC2)c1. The summed E-state index contributed by atoms with van der Waals surface area (Å²) in [5.74, 6) is 0. The fraction of sp³-hybridized carbons (Fsp3) is 0.625. The van der Waals surface area contributed by atoms with E-state index in [2.05, 4.69) is 27.8 Å². The fourth-order valence-corrected chi connectivity index (χ4v) is 3.10. The van der Waals surface area contributed by atoms with Crippen LogP contribution in [0.15, 0.2) is 18.5 Å². The maximum atomic E-state index is 4.67. The first-order valence-corrected chi connectivity index (χ1v) is 7.70. The monoisotopic (exact) mass is 257 g/mol. The van der Waals surface area contributed by atoms with Crippen LogP contribution in [-0.4, -0.2) is 14.8 Å². The Morgan fingerprint density at radius 1 is 1.21 bits per heavy atom. The quantitative estimate of drug-likeness (QED) is 0.818. The Hall–Kier alpha value is -1.38. The lowest BCUT2D eigenvalue weighted by Gasteiger charge is -2.22. The van der Waals surface area contributed by atoms with Crippen LogP contribution in [0.5, 0.6) is 0 Å². The Morgan fingerprint density at radius 3 is 2.84 bits per heavy atom. The first kappa shape index (κ1) is 12.6. The standard InChI is InChI=1S/C16H23N3/c1-2-3-7-13-10-14-12-18-19(16(14)17-11-13)15-8-5-4-6-9-15/h10-12,15H,2-9H2,1H3. The van der Waals surface area contributed by atoms with Gasteiger partial charge >= 0.3 is 0 Å². The smallest absolute Gasteiger partial charge is 0.157 e. The molecule has 0 atom stereocenters. The van der Waals surface area contributed by atoms with Gasteiger partial charge in [0.05, 0.1) is 12.2 Å². The third-order valence-corrected chi connectivity index (χ3v) is 4.23. The van der Waals surface area contributed by atoms with E-state index in [1.165, 1.54) is 55.9 Å². The van der Waals surface area contributed by atoms with E-state index in [0.717, 1.165) is 12.1 Å². The summed E-state index contributed by atoms with van der Waals surface area (Å²) in [4.78, 5) is 4.67. The summed E-state index contributed by atoms with van der Waals surface area (Å²) >= 11 is 0. The van der Waals surface area contributed by atoms with Gasteiger partial charge in [0.2, 0.25) is 0 Å². The van der Waals surface area contributed by atoms with Crippen molar-refractivity contribution in [2.45, 2.75) is 64.3 Å². The van der Waals surface area contributed by atoms with E-state index in [-0.39, 0.29) is 0 Å². The fourth-order valence-electron chi connectivity index (χ4n) is 3.10. The largest absolute Gasteiger partial charge is 0.244 e. The Labute approximate surface area is 115 Å². The van der Waals surface area contributed by atoms with Gasteiger partial charge in [-0.15, -0.1) is 0 Å². The van der Waals surface area contributed by atoms with Gasteiger partial charge in [-0.05, 0) is 37.3 Å². The molecule has 19 heavy (non-hydrogen) atoms. The minimum atomic E-state index is 0.570. The van der Waals surface area contributed by atoms with E-state index < -0.39 is 0 Å². The molecule has 3 heteroatoms. The molecule has 1 saturated carbocycles. The van der Waals surface area contributed by atoms with Gasteiger partial charge in [0.1, 0.15) is 0 Å². The van der Waals surface area contributed by atoms with Crippen molar-refractivity contribution in [2.24, 2.45) is 0 Å². The second kappa shape index (κ2) is 5.72. The lowest BCUT2D eigenvalue weighted by Crippen LogP contribution is -2.14. The average Bonchev–Trinajstić information content (AvgIpc) is 2.89. The summed E-state index contributed by atoms with van der Waals surface area (Å²) in [7, 11) is 0. The Morgan fingerprint density at radius 2 is 2.05 bits per heavy atom. The van der Waals surface area contributed by atoms with E-state index in [1.807, 2.05) is 12.4 Å². The van der Waals surface area contributed by atoms with E-state index in [9.17, 15) is 0 Å². The molecule has 0 saturated heterocycles. The maximum absolute atomic E-state index is 4.67. The average molecular weight is 257 g/mol. The lowest BCUT2D eigenvalue weighted by molar-refractivity contribution is 0.336. The number of nitrogens with zero attached hydrogens (tertiary/aromatic N) is 3. The molecule has 0 unspecified atom stereocenters. The number of hydrogen-bond donors (Lipinski definition) is 0. The third kappa shape index (κ3) is 2.65. The van der Waals surface area contributed by atoms with Crippen LogP contribution >= 0.6 is 0 Å². The number of pyridine rings is 1. The Balaban J connectivity index is 1.86. The van der Waals surface area contributed by atoms with Crippen molar-refractivity contribution < 1.29 is 0 Å². The number of hydrogen-bond acceptors (Lipinski definition) is 2. The van der Waals surface area contributed by atoms with Crippen LogP contribution in [0.25, 0.3) is 11.0 Å². The maximum Gasteiger partial charge on any atom is 0.157 e. The van der Waals surface area contributed by atoms with E-state index in [1.54, 1.807) is 0 Å². The molecule has 0 aromatic carbocycles. The van der Waals surface area contributed by atoms with E-state index in [0.29, 0.717) is 6.04 Å². The molecule has 0 aliphatic heterocycles. The summed E-state index contributed by atoms with van der Waals surface area (Å²) in [5.41, 5.74) is 2.42. The van der Waals surface area contributed by atoms with Crippen LogP contribution < -0.4 is 0 Å². The van der Waals surface area contributed by atoms with Crippen LogP contribution in [0.3, 0.4) is 0 Å². The van der Waals surface area contributed by atoms with Gasteiger partial charge < -0.3 is 0 Å². The molecule has 1 fully saturated rings. The Kier molecular flexibility index (Phi) is 3.81. The minimum absolute atomic E-state index is 0.570. The molecule has 0 bridgehead atoms. The van der Waals surface area contributed by atoms with Crippen LogP contribution in [0.2, 0.25) is 0 Å². The highest BCUT2D eigenvalue weighted by Gasteiger charge is 2.18. The summed E-state index contributed by atoms with van der Waals surface area (Å²) in [6.07, 6.45) is 14.2. The van der Waals surface area contributed by atoms with Crippen LogP contribution in [0.4, 0.5) is 0 Å². The van der Waals surface area contributed by atoms with Crippen molar-refractivity contribution in [1.29, 1.82) is 0 Å². The van der Waals surface area contributed by atoms with Gasteiger partial charge in [-0.1, -0.05) is 32.6 Å². The number of rotatable bonds is 4. The second-order valence-electron chi connectivity index (χ2n) is 5.74. The zero-order chi connectivity index (χ0) is 13.1. The van der Waals surface area contributed by atoms with Gasteiger partial charge in [-0.3, -0.25) is 0 Å². The highest BCUT2D eigenvalue weighted by atomic mass is 15.3. The van der Waals surface area contributed by atoms with Crippen molar-refractivity contribution in [1.82, 2.24) is 14.8 Å². The zero-order valence-electron chi connectivity index (χ0n) is 11.8. The number of aryl methyl sites for hydroxylation is 1. The second-order valence-corrected chi connectivity index (χ2v) is 5.74. The third-order valence-electron chi connectivity index (χ3n) is 4.23. The van der Waals surface area contributed by atoms with Crippen molar-refractivity contribution in [3.05, 3.63) is 24.0 Å².